The number of nitrogens with zero attached hydrogens (tertiary/aromatic N) is 3. The minimum atomic E-state index is -0.538. The number of ether oxygens (including phenoxy) is 2. The molecule has 1 aromatic carbocycles. The zero-order valence-corrected chi connectivity index (χ0v) is 15.5. The normalized spacial score (nSPS) is 11.8. The van der Waals surface area contributed by atoms with E-state index in [9.17, 15) is 4.79 Å². The lowest BCUT2D eigenvalue weighted by atomic mass is 10.2. The highest BCUT2D eigenvalue weighted by Crippen LogP contribution is 2.24. The number of carbonyl (C=O) groups excluding carboxylic acids is 1. The van der Waals surface area contributed by atoms with E-state index in [0.717, 1.165) is 5.82 Å². The Balaban J connectivity index is 2.02. The molecule has 7 heteroatoms. The molecular formula is C18H25N4O3+. The van der Waals surface area contributed by atoms with Crippen LogP contribution in [0.4, 0.5) is 16.3 Å². The number of benzene rings is 1. The van der Waals surface area contributed by atoms with Crippen molar-refractivity contribution >= 4 is 17.6 Å². The Morgan fingerprint density at radius 1 is 1.08 bits per heavy atom. The van der Waals surface area contributed by atoms with Gasteiger partial charge in [0.1, 0.15) is 17.7 Å². The number of hydrogen-bond acceptors (Lipinski definition) is 5. The molecule has 1 heterocycles. The predicted octanol–water partition coefficient (Wildman–Crippen LogP) is 3.81. The van der Waals surface area contributed by atoms with Gasteiger partial charge in [-0.2, -0.15) is 4.98 Å². The molecule has 1 aromatic heterocycles. The lowest BCUT2D eigenvalue weighted by Gasteiger charge is -2.21. The Morgan fingerprint density at radius 3 is 2.28 bits per heavy atom. The standard InChI is InChI=1S/C18H24N4O3/c1-18(2,3)25-17(23)21-13-7-9-14(10-8-13)24-16-11-15(19-12-20-16)22(4,5)6/h7-12H,1-6H3/p+1. The van der Waals surface area contributed by atoms with Crippen LogP contribution in [0.3, 0.4) is 0 Å². The highest BCUT2D eigenvalue weighted by molar-refractivity contribution is 5.84. The van der Waals surface area contributed by atoms with Gasteiger partial charge in [0.25, 0.3) is 0 Å². The van der Waals surface area contributed by atoms with Gasteiger partial charge in [0.05, 0.1) is 27.2 Å². The molecule has 0 aliphatic carbocycles. The summed E-state index contributed by atoms with van der Waals surface area (Å²) in [5, 5.41) is 2.67. The van der Waals surface area contributed by atoms with Gasteiger partial charge in [-0.15, -0.1) is 0 Å². The summed E-state index contributed by atoms with van der Waals surface area (Å²) in [6.07, 6.45) is 0.983. The van der Waals surface area contributed by atoms with E-state index in [1.165, 1.54) is 6.33 Å². The van der Waals surface area contributed by atoms with Crippen LogP contribution in [0.1, 0.15) is 20.8 Å². The van der Waals surface area contributed by atoms with E-state index in [0.29, 0.717) is 21.8 Å². The fourth-order valence-electron chi connectivity index (χ4n) is 1.90. The Morgan fingerprint density at radius 2 is 1.72 bits per heavy atom. The van der Waals surface area contributed by atoms with Gasteiger partial charge in [-0.25, -0.2) is 9.78 Å². The zero-order chi connectivity index (χ0) is 18.7. The maximum absolute atomic E-state index is 11.8. The van der Waals surface area contributed by atoms with Crippen molar-refractivity contribution in [1.29, 1.82) is 0 Å². The molecule has 134 valence electrons. The summed E-state index contributed by atoms with van der Waals surface area (Å²) >= 11 is 0. The zero-order valence-electron chi connectivity index (χ0n) is 15.5. The molecule has 0 saturated heterocycles. The SMILES string of the molecule is CC(C)(C)OC(=O)Nc1ccc(Oc2cc([N+](C)(C)C)ncn2)cc1. The van der Waals surface area contributed by atoms with Crippen LogP contribution in [-0.4, -0.2) is 42.8 Å². The van der Waals surface area contributed by atoms with Crippen LogP contribution in [0.25, 0.3) is 0 Å². The lowest BCUT2D eigenvalue weighted by molar-refractivity contribution is 0.0636. The van der Waals surface area contributed by atoms with E-state index in [1.807, 2.05) is 41.9 Å². The Hall–Kier alpha value is -2.67. The van der Waals surface area contributed by atoms with E-state index < -0.39 is 11.7 Å². The lowest BCUT2D eigenvalue weighted by Crippen LogP contribution is -2.35. The van der Waals surface area contributed by atoms with E-state index >= 15 is 0 Å². The third-order valence-corrected chi connectivity index (χ3v) is 3.04. The van der Waals surface area contributed by atoms with Crippen LogP contribution in [-0.2, 0) is 4.74 Å². The summed E-state index contributed by atoms with van der Waals surface area (Å²) in [6, 6.07) is 8.77. The number of anilines is 1. The molecule has 0 fully saturated rings. The first-order valence-electron chi connectivity index (χ1n) is 7.95. The molecule has 25 heavy (non-hydrogen) atoms. The number of hydrogen-bond donors (Lipinski definition) is 1. The number of amides is 1. The number of carbonyl (C=O) groups is 1. The van der Waals surface area contributed by atoms with Gasteiger partial charge in [0.2, 0.25) is 11.7 Å². The second kappa shape index (κ2) is 7.06. The van der Waals surface area contributed by atoms with Crippen LogP contribution in [0.15, 0.2) is 36.7 Å². The van der Waals surface area contributed by atoms with Gasteiger partial charge in [-0.05, 0) is 45.0 Å². The maximum atomic E-state index is 11.8. The summed E-state index contributed by atoms with van der Waals surface area (Å²) in [5.41, 5.74) is 0.0833. The van der Waals surface area contributed by atoms with Crippen molar-refractivity contribution in [3.8, 4) is 11.6 Å². The largest absolute Gasteiger partial charge is 0.444 e. The van der Waals surface area contributed by atoms with Crippen molar-refractivity contribution < 1.29 is 14.3 Å². The molecule has 0 radical (unpaired) electrons. The number of rotatable bonds is 4. The second-order valence-corrected chi connectivity index (χ2v) is 7.48. The van der Waals surface area contributed by atoms with Crippen molar-refractivity contribution in [2.24, 2.45) is 0 Å². The van der Waals surface area contributed by atoms with Crippen LogP contribution >= 0.6 is 0 Å². The molecule has 1 amide bonds. The third kappa shape index (κ3) is 6.04. The van der Waals surface area contributed by atoms with Gasteiger partial charge in [0, 0.05) is 5.69 Å². The minimum Gasteiger partial charge on any atom is -0.444 e. The Bertz CT molecular complexity index is 731. The molecule has 0 spiro atoms. The molecular weight excluding hydrogens is 320 g/mol. The summed E-state index contributed by atoms with van der Waals surface area (Å²) < 4.78 is 11.5. The highest BCUT2D eigenvalue weighted by atomic mass is 16.6. The molecule has 2 rings (SSSR count). The van der Waals surface area contributed by atoms with Crippen molar-refractivity contribution in [2.75, 3.05) is 26.5 Å². The van der Waals surface area contributed by atoms with E-state index in [2.05, 4.69) is 15.3 Å². The minimum absolute atomic E-state index is 0.464. The molecule has 2 aromatic rings. The van der Waals surface area contributed by atoms with Crippen molar-refractivity contribution in [3.05, 3.63) is 36.7 Å². The second-order valence-electron chi connectivity index (χ2n) is 7.48. The third-order valence-electron chi connectivity index (χ3n) is 3.04. The van der Waals surface area contributed by atoms with Crippen LogP contribution in [0, 0.1) is 0 Å². The van der Waals surface area contributed by atoms with Crippen LogP contribution in [0.2, 0.25) is 0 Å². The average Bonchev–Trinajstić information content (AvgIpc) is 2.47. The van der Waals surface area contributed by atoms with Crippen LogP contribution in [0.5, 0.6) is 11.6 Å². The van der Waals surface area contributed by atoms with Crippen molar-refractivity contribution in [3.63, 3.8) is 0 Å². The van der Waals surface area contributed by atoms with Crippen molar-refractivity contribution in [2.45, 2.75) is 26.4 Å². The molecule has 0 bridgehead atoms. The van der Waals surface area contributed by atoms with Crippen LogP contribution < -0.4 is 14.5 Å². The maximum Gasteiger partial charge on any atom is 0.412 e. The molecule has 0 aliphatic heterocycles. The first-order valence-corrected chi connectivity index (χ1v) is 7.95. The van der Waals surface area contributed by atoms with E-state index in [4.69, 9.17) is 9.47 Å². The fraction of sp³-hybridized carbons (Fsp3) is 0.389. The van der Waals surface area contributed by atoms with Gasteiger partial charge in [-0.1, -0.05) is 0 Å². The molecule has 0 atom stereocenters. The van der Waals surface area contributed by atoms with Gasteiger partial charge in [0.15, 0.2) is 0 Å². The molecule has 1 N–H and O–H groups in total. The van der Waals surface area contributed by atoms with E-state index in [1.54, 1.807) is 30.3 Å². The average molecular weight is 345 g/mol. The first-order chi connectivity index (χ1) is 11.5. The monoisotopic (exact) mass is 345 g/mol. The number of aromatic nitrogens is 2. The van der Waals surface area contributed by atoms with E-state index in [-0.39, 0.29) is 0 Å². The van der Waals surface area contributed by atoms with Crippen molar-refractivity contribution in [1.82, 2.24) is 14.5 Å². The molecule has 0 aliphatic rings. The summed E-state index contributed by atoms with van der Waals surface area (Å²) in [6.45, 7) is 5.45. The predicted molar refractivity (Wildman–Crippen MR) is 98.0 cm³/mol. The smallest absolute Gasteiger partial charge is 0.412 e. The summed E-state index contributed by atoms with van der Waals surface area (Å²) in [4.78, 5) is 20.1. The Labute approximate surface area is 148 Å². The summed E-state index contributed by atoms with van der Waals surface area (Å²) in [7, 11) is 6.05. The molecule has 7 nitrogen and oxygen atoms in total. The fourth-order valence-corrected chi connectivity index (χ4v) is 1.90. The topological polar surface area (TPSA) is 73.3 Å². The first kappa shape index (κ1) is 18.7. The summed E-state index contributed by atoms with van der Waals surface area (Å²) in [5.74, 6) is 1.92. The molecule has 0 unspecified atom stereocenters. The van der Waals surface area contributed by atoms with Gasteiger partial charge < -0.3 is 9.47 Å². The highest BCUT2D eigenvalue weighted by Gasteiger charge is 2.17. The Kier molecular flexibility index (Phi) is 5.27. The molecule has 0 saturated carbocycles. The quantitative estimate of drug-likeness (QED) is 0.853. The van der Waals surface area contributed by atoms with Gasteiger partial charge in [-0.3, -0.25) is 9.80 Å². The van der Waals surface area contributed by atoms with Gasteiger partial charge >= 0.3 is 6.09 Å². The number of quaternary nitrogens is 1. The number of nitrogens with one attached hydrogen (secondary N) is 1.